The number of nitrogen functional groups attached to an aromatic ring is 1. The fourth-order valence-electron chi connectivity index (χ4n) is 1.94. The number of rotatable bonds is 7. The molecule has 2 aromatic rings. The number of Topliss-reactive ketones (excluding diaryl/α,β-unsaturated/α-hetero) is 1. The minimum absolute atomic E-state index is 0.0484. The Morgan fingerprint density at radius 1 is 1.32 bits per heavy atom. The second-order valence-electron chi connectivity index (χ2n) is 5.15. The van der Waals surface area contributed by atoms with Crippen LogP contribution in [0.2, 0.25) is 0 Å². The van der Waals surface area contributed by atoms with Gasteiger partial charge >= 0.3 is 0 Å². The van der Waals surface area contributed by atoms with Crippen molar-refractivity contribution in [2.45, 2.75) is 24.9 Å². The van der Waals surface area contributed by atoms with E-state index in [1.165, 1.54) is 6.20 Å². The highest BCUT2D eigenvalue weighted by atomic mass is 32.2. The summed E-state index contributed by atoms with van der Waals surface area (Å²) in [6.45, 7) is 1.93. The molecule has 2 rings (SSSR count). The predicted octanol–water partition coefficient (Wildman–Crippen LogP) is 2.64. The summed E-state index contributed by atoms with van der Waals surface area (Å²) in [7, 11) is 0. The molecular formula is C17H17N5O2S. The Hall–Kier alpha value is -2.92. The van der Waals surface area contributed by atoms with Crippen molar-refractivity contribution in [2.75, 3.05) is 16.8 Å². The molecule has 0 aliphatic carbocycles. The largest absolute Gasteiger partial charge is 0.382 e. The van der Waals surface area contributed by atoms with Gasteiger partial charge in [-0.2, -0.15) is 5.26 Å². The number of nitrogens with two attached hydrogens (primary N) is 1. The Kier molecular flexibility index (Phi) is 6.48. The molecular weight excluding hydrogens is 338 g/mol. The second kappa shape index (κ2) is 8.80. The lowest BCUT2D eigenvalue weighted by atomic mass is 10.1. The molecule has 0 radical (unpaired) electrons. The number of hydrogen-bond donors (Lipinski definition) is 2. The number of amides is 1. The fourth-order valence-corrected chi connectivity index (χ4v) is 2.65. The summed E-state index contributed by atoms with van der Waals surface area (Å²) in [6, 6.07) is 8.61. The van der Waals surface area contributed by atoms with Crippen LogP contribution in [0.1, 0.15) is 35.7 Å². The number of aromatic nitrogens is 2. The lowest BCUT2D eigenvalue weighted by Gasteiger charge is -2.06. The first-order valence-electron chi connectivity index (χ1n) is 7.62. The normalized spacial score (nSPS) is 10.1. The third kappa shape index (κ3) is 5.29. The van der Waals surface area contributed by atoms with E-state index in [0.717, 1.165) is 18.2 Å². The summed E-state index contributed by atoms with van der Waals surface area (Å²) in [5.74, 6) is 0.0997. The van der Waals surface area contributed by atoms with E-state index in [9.17, 15) is 9.59 Å². The Morgan fingerprint density at radius 2 is 2.04 bits per heavy atom. The molecule has 25 heavy (non-hydrogen) atoms. The van der Waals surface area contributed by atoms with Gasteiger partial charge in [-0.15, -0.1) is 0 Å². The van der Waals surface area contributed by atoms with Crippen molar-refractivity contribution >= 4 is 35.0 Å². The molecule has 1 aromatic heterocycles. The van der Waals surface area contributed by atoms with Gasteiger partial charge in [-0.1, -0.05) is 18.7 Å². The van der Waals surface area contributed by atoms with Crippen molar-refractivity contribution in [3.05, 3.63) is 41.6 Å². The number of thioether (sulfide) groups is 1. The number of nitriles is 1. The van der Waals surface area contributed by atoms with Crippen LogP contribution < -0.4 is 11.1 Å². The van der Waals surface area contributed by atoms with Gasteiger partial charge in [-0.05, 0) is 30.7 Å². The van der Waals surface area contributed by atoms with Crippen molar-refractivity contribution in [1.29, 1.82) is 5.26 Å². The number of benzene rings is 1. The smallest absolute Gasteiger partial charge is 0.224 e. The molecule has 0 aliphatic heterocycles. The zero-order chi connectivity index (χ0) is 18.2. The van der Waals surface area contributed by atoms with E-state index in [0.29, 0.717) is 22.8 Å². The standard InChI is InChI=1S/C17H17N5O2S/c1-2-3-15(24)21-13-6-4-11(5-7-13)14(23)10-25-17-20-9-12(8-18)16(19)22-17/h4-7,9H,2-3,10H2,1H3,(H,21,24)(H2,19,20,22). The van der Waals surface area contributed by atoms with E-state index < -0.39 is 0 Å². The third-order valence-corrected chi connectivity index (χ3v) is 4.08. The van der Waals surface area contributed by atoms with Crippen LogP contribution >= 0.6 is 11.8 Å². The molecule has 3 N–H and O–H groups in total. The summed E-state index contributed by atoms with van der Waals surface area (Å²) in [6.07, 6.45) is 2.58. The van der Waals surface area contributed by atoms with Crippen LogP contribution in [0.25, 0.3) is 0 Å². The van der Waals surface area contributed by atoms with Gasteiger partial charge in [0.1, 0.15) is 17.5 Å². The number of nitrogens with one attached hydrogen (secondary N) is 1. The maximum Gasteiger partial charge on any atom is 0.224 e. The molecule has 0 atom stereocenters. The van der Waals surface area contributed by atoms with Crippen molar-refractivity contribution < 1.29 is 9.59 Å². The summed E-state index contributed by atoms with van der Waals surface area (Å²) >= 11 is 1.15. The van der Waals surface area contributed by atoms with Crippen molar-refractivity contribution in [1.82, 2.24) is 9.97 Å². The summed E-state index contributed by atoms with van der Waals surface area (Å²) in [5, 5.41) is 11.9. The molecule has 0 saturated heterocycles. The topological polar surface area (TPSA) is 122 Å². The van der Waals surface area contributed by atoms with Gasteiger partial charge in [0.2, 0.25) is 5.91 Å². The SMILES string of the molecule is CCCC(=O)Nc1ccc(C(=O)CSc2ncc(C#N)c(N)n2)cc1. The van der Waals surface area contributed by atoms with Gasteiger partial charge in [-0.25, -0.2) is 9.97 Å². The minimum Gasteiger partial charge on any atom is -0.382 e. The van der Waals surface area contributed by atoms with Gasteiger partial charge < -0.3 is 11.1 Å². The Labute approximate surface area is 149 Å². The highest BCUT2D eigenvalue weighted by molar-refractivity contribution is 7.99. The van der Waals surface area contributed by atoms with Crippen molar-refractivity contribution in [3.63, 3.8) is 0 Å². The van der Waals surface area contributed by atoms with Gasteiger partial charge in [0.15, 0.2) is 10.9 Å². The number of carbonyl (C=O) groups is 2. The maximum atomic E-state index is 12.2. The van der Waals surface area contributed by atoms with Crippen molar-refractivity contribution in [3.8, 4) is 6.07 Å². The molecule has 0 aliphatic rings. The van der Waals surface area contributed by atoms with Gasteiger partial charge in [0.25, 0.3) is 0 Å². The zero-order valence-corrected chi connectivity index (χ0v) is 14.5. The minimum atomic E-state index is -0.0945. The molecule has 1 aromatic carbocycles. The maximum absolute atomic E-state index is 12.2. The van der Waals surface area contributed by atoms with Crippen LogP contribution in [0.3, 0.4) is 0 Å². The van der Waals surface area contributed by atoms with E-state index in [1.807, 2.05) is 13.0 Å². The van der Waals surface area contributed by atoms with Crippen LogP contribution in [0, 0.1) is 11.3 Å². The first-order valence-corrected chi connectivity index (χ1v) is 8.60. The van der Waals surface area contributed by atoms with Gasteiger partial charge in [-0.3, -0.25) is 9.59 Å². The molecule has 0 fully saturated rings. The number of hydrogen-bond acceptors (Lipinski definition) is 7. The van der Waals surface area contributed by atoms with Crippen LogP contribution in [-0.4, -0.2) is 27.4 Å². The molecule has 7 nitrogen and oxygen atoms in total. The third-order valence-electron chi connectivity index (χ3n) is 3.22. The number of ketones is 1. The van der Waals surface area contributed by atoms with Gasteiger partial charge in [0, 0.05) is 17.7 Å². The first-order chi connectivity index (χ1) is 12.0. The monoisotopic (exact) mass is 355 g/mol. The summed E-state index contributed by atoms with van der Waals surface area (Å²) in [4.78, 5) is 31.7. The Balaban J connectivity index is 1.93. The molecule has 0 saturated carbocycles. The Morgan fingerprint density at radius 3 is 2.64 bits per heavy atom. The summed E-state index contributed by atoms with van der Waals surface area (Å²) in [5.41, 5.74) is 7.01. The van der Waals surface area contributed by atoms with Crippen LogP contribution in [0.5, 0.6) is 0 Å². The predicted molar refractivity (Wildman–Crippen MR) is 96.2 cm³/mol. The molecule has 0 spiro atoms. The number of anilines is 2. The van der Waals surface area contributed by atoms with Crippen LogP contribution in [0.15, 0.2) is 35.6 Å². The molecule has 1 amide bonds. The molecule has 0 bridgehead atoms. The highest BCUT2D eigenvalue weighted by Gasteiger charge is 2.10. The lowest BCUT2D eigenvalue weighted by Crippen LogP contribution is -2.11. The first kappa shape index (κ1) is 18.4. The zero-order valence-electron chi connectivity index (χ0n) is 13.7. The average Bonchev–Trinajstić information content (AvgIpc) is 2.60. The van der Waals surface area contributed by atoms with Crippen LogP contribution in [-0.2, 0) is 4.79 Å². The van der Waals surface area contributed by atoms with Gasteiger partial charge in [0.05, 0.1) is 11.9 Å². The molecule has 1 heterocycles. The molecule has 0 unspecified atom stereocenters. The van der Waals surface area contributed by atoms with E-state index in [-0.39, 0.29) is 28.8 Å². The lowest BCUT2D eigenvalue weighted by molar-refractivity contribution is -0.116. The highest BCUT2D eigenvalue weighted by Crippen LogP contribution is 2.18. The van der Waals surface area contributed by atoms with Crippen LogP contribution in [0.4, 0.5) is 11.5 Å². The summed E-state index contributed by atoms with van der Waals surface area (Å²) < 4.78 is 0. The number of carbonyl (C=O) groups excluding carboxylic acids is 2. The Bertz CT molecular complexity index is 815. The average molecular weight is 355 g/mol. The molecule has 128 valence electrons. The van der Waals surface area contributed by atoms with E-state index >= 15 is 0 Å². The number of nitrogens with zero attached hydrogens (tertiary/aromatic N) is 3. The second-order valence-corrected chi connectivity index (χ2v) is 6.09. The van der Waals surface area contributed by atoms with E-state index in [4.69, 9.17) is 11.0 Å². The van der Waals surface area contributed by atoms with Crippen molar-refractivity contribution in [2.24, 2.45) is 0 Å². The van der Waals surface area contributed by atoms with E-state index in [1.54, 1.807) is 24.3 Å². The quantitative estimate of drug-likeness (QED) is 0.445. The fraction of sp³-hybridized carbons (Fsp3) is 0.235. The van der Waals surface area contributed by atoms with E-state index in [2.05, 4.69) is 15.3 Å². The molecule has 8 heteroatoms.